The highest BCUT2D eigenvalue weighted by Crippen LogP contribution is 2.72. The molecule has 9 atom stereocenters. The fourth-order valence-electron chi connectivity index (χ4n) is 7.72. The number of aliphatic hydroxyl groups is 2. The first-order valence-corrected chi connectivity index (χ1v) is 13.3. The molecule has 0 aromatic rings. The van der Waals surface area contributed by atoms with Crippen LogP contribution in [0.2, 0.25) is 0 Å². The van der Waals surface area contributed by atoms with Crippen LogP contribution in [0.15, 0.2) is 23.8 Å². The summed E-state index contributed by atoms with van der Waals surface area (Å²) in [4.78, 5) is 38.2. The fourth-order valence-corrected chi connectivity index (χ4v) is 8.68. The lowest BCUT2D eigenvalue weighted by atomic mass is 9.44. The molecule has 0 radical (unpaired) electrons. The third-order valence-corrected chi connectivity index (χ3v) is 10.3. The first-order chi connectivity index (χ1) is 16.3. The number of thioether (sulfide) groups is 1. The Morgan fingerprint density at radius 3 is 2.57 bits per heavy atom. The third-order valence-electron chi connectivity index (χ3n) is 9.36. The molecule has 194 valence electrons. The van der Waals surface area contributed by atoms with Crippen molar-refractivity contribution < 1.29 is 38.1 Å². The molecule has 0 aromatic carbocycles. The molecule has 0 aliphatic heterocycles. The summed E-state index contributed by atoms with van der Waals surface area (Å²) >= 11 is 0.858. The molecule has 6 nitrogen and oxygen atoms in total. The Balaban J connectivity index is 1.85. The highest BCUT2D eigenvalue weighted by molar-refractivity contribution is 8.13. The molecule has 4 aliphatic rings. The number of aliphatic hydroxyl groups excluding tert-OH is 2. The number of hydrogen-bond acceptors (Lipinski definition) is 7. The topological polar surface area (TPSA) is 101 Å². The van der Waals surface area contributed by atoms with E-state index in [0.717, 1.165) is 17.8 Å². The van der Waals surface area contributed by atoms with Crippen molar-refractivity contribution in [2.75, 3.05) is 12.4 Å². The van der Waals surface area contributed by atoms with Crippen molar-refractivity contribution in [3.8, 4) is 0 Å². The molecule has 9 heteroatoms. The fraction of sp³-hybridized carbons (Fsp3) is 0.731. The van der Waals surface area contributed by atoms with Crippen molar-refractivity contribution in [3.63, 3.8) is 0 Å². The lowest BCUT2D eigenvalue weighted by Crippen LogP contribution is -2.70. The van der Waals surface area contributed by atoms with E-state index in [0.29, 0.717) is 6.42 Å². The predicted molar refractivity (Wildman–Crippen MR) is 127 cm³/mol. The summed E-state index contributed by atoms with van der Waals surface area (Å²) in [5, 5.41) is 20.3. The molecule has 0 bridgehead atoms. The van der Waals surface area contributed by atoms with E-state index in [-0.39, 0.29) is 37.2 Å². The number of carbonyl (C=O) groups excluding carboxylic acids is 3. The number of ketones is 1. The third kappa shape index (κ3) is 3.37. The maximum Gasteiger partial charge on any atom is 0.306 e. The highest BCUT2D eigenvalue weighted by Gasteiger charge is 2.78. The van der Waals surface area contributed by atoms with Crippen molar-refractivity contribution >= 4 is 28.6 Å². The molecule has 3 fully saturated rings. The van der Waals surface area contributed by atoms with Gasteiger partial charge in [-0.05, 0) is 49.8 Å². The average Bonchev–Trinajstić information content (AvgIpc) is 3.02. The van der Waals surface area contributed by atoms with Gasteiger partial charge in [-0.1, -0.05) is 38.6 Å². The van der Waals surface area contributed by atoms with Gasteiger partial charge in [0, 0.05) is 34.8 Å². The summed E-state index contributed by atoms with van der Waals surface area (Å²) in [6, 6.07) is 0. The first-order valence-electron chi connectivity index (χ1n) is 12.3. The second-order valence-corrected chi connectivity index (χ2v) is 12.0. The molecule has 0 amide bonds. The normalized spacial score (nSPS) is 46.3. The Labute approximate surface area is 208 Å². The summed E-state index contributed by atoms with van der Waals surface area (Å²) in [6.45, 7) is 6.41. The van der Waals surface area contributed by atoms with Crippen LogP contribution in [0.3, 0.4) is 0 Å². The average molecular weight is 513 g/mol. The van der Waals surface area contributed by atoms with Gasteiger partial charge in [-0.3, -0.25) is 14.4 Å². The van der Waals surface area contributed by atoms with Crippen LogP contribution in [0.5, 0.6) is 0 Å². The maximum absolute atomic E-state index is 17.3. The lowest BCUT2D eigenvalue weighted by molar-refractivity contribution is -0.228. The highest BCUT2D eigenvalue weighted by atomic mass is 32.2. The molecular formula is C26H34F2O6S. The second-order valence-electron chi connectivity index (χ2n) is 10.9. The van der Waals surface area contributed by atoms with Crippen LogP contribution in [0.25, 0.3) is 0 Å². The number of carbonyl (C=O) groups is 3. The van der Waals surface area contributed by atoms with Crippen LogP contribution in [-0.4, -0.2) is 63.0 Å². The molecule has 3 unspecified atom stereocenters. The molecular weight excluding hydrogens is 478 g/mol. The van der Waals surface area contributed by atoms with E-state index < -0.39 is 69.0 Å². The van der Waals surface area contributed by atoms with Gasteiger partial charge in [0.05, 0.1) is 12.7 Å². The predicted octanol–water partition coefficient (Wildman–Crippen LogP) is 3.50. The standard InChI is InChI=1S/C26H34F2O6S/c1-5-21(32)34-26(22(33)35-9-8-29)14(2)10-16-17-12-19(27)18-11-15(30)6-7-23(18,3)25(17,28)20(31)13-24(16,26)4/h6-7,11,14,16-17,19-20,29,31H,5,8-10,12-13H2,1-4H3/t14-,16?,17?,19+,20?,23+,24+,25+,26+/m1/s1. The maximum atomic E-state index is 17.3. The van der Waals surface area contributed by atoms with Crippen LogP contribution in [0, 0.1) is 28.6 Å². The molecule has 0 saturated heterocycles. The van der Waals surface area contributed by atoms with Gasteiger partial charge >= 0.3 is 5.97 Å². The second kappa shape index (κ2) is 8.77. The van der Waals surface area contributed by atoms with Crippen LogP contribution < -0.4 is 0 Å². The zero-order valence-electron chi connectivity index (χ0n) is 20.6. The minimum atomic E-state index is -2.27. The minimum Gasteiger partial charge on any atom is -0.449 e. The van der Waals surface area contributed by atoms with E-state index in [1.54, 1.807) is 20.8 Å². The Bertz CT molecular complexity index is 998. The van der Waals surface area contributed by atoms with Crippen LogP contribution in [0.4, 0.5) is 8.78 Å². The zero-order valence-corrected chi connectivity index (χ0v) is 21.4. The Morgan fingerprint density at radius 1 is 1.26 bits per heavy atom. The van der Waals surface area contributed by atoms with Crippen molar-refractivity contribution in [3.05, 3.63) is 23.8 Å². The van der Waals surface area contributed by atoms with E-state index in [1.165, 1.54) is 19.1 Å². The van der Waals surface area contributed by atoms with Gasteiger partial charge in [-0.2, -0.15) is 0 Å². The van der Waals surface area contributed by atoms with Gasteiger partial charge in [0.2, 0.25) is 5.12 Å². The number of esters is 1. The Kier molecular flexibility index (Phi) is 6.63. The largest absolute Gasteiger partial charge is 0.449 e. The number of alkyl halides is 2. The molecule has 0 spiro atoms. The lowest BCUT2D eigenvalue weighted by Gasteiger charge is -2.63. The van der Waals surface area contributed by atoms with E-state index in [2.05, 4.69) is 0 Å². The van der Waals surface area contributed by atoms with Gasteiger partial charge in [0.25, 0.3) is 0 Å². The van der Waals surface area contributed by atoms with E-state index >= 15 is 8.78 Å². The number of allylic oxidation sites excluding steroid dienone is 4. The van der Waals surface area contributed by atoms with Gasteiger partial charge in [0.1, 0.15) is 6.17 Å². The number of rotatable bonds is 5. The SMILES string of the molecule is CCC(=O)O[C@]1(C(=O)SCCO)[C@H](C)CC2C3C[C@H](F)C4=CC(=O)C=C[C@]4(C)[C@@]3(F)C(O)C[C@@]21C. The van der Waals surface area contributed by atoms with Gasteiger partial charge in [0.15, 0.2) is 17.1 Å². The number of ether oxygens (including phenoxy) is 1. The van der Waals surface area contributed by atoms with Crippen molar-refractivity contribution in [2.45, 2.75) is 76.9 Å². The minimum absolute atomic E-state index is 0.0315. The van der Waals surface area contributed by atoms with Gasteiger partial charge < -0.3 is 14.9 Å². The summed E-state index contributed by atoms with van der Waals surface area (Å²) in [5.74, 6) is -2.92. The van der Waals surface area contributed by atoms with Crippen molar-refractivity contribution in [2.24, 2.45) is 28.6 Å². The van der Waals surface area contributed by atoms with Crippen molar-refractivity contribution in [1.29, 1.82) is 0 Å². The number of hydrogen-bond donors (Lipinski definition) is 2. The summed E-state index contributed by atoms with van der Waals surface area (Å²) < 4.78 is 38.8. The van der Waals surface area contributed by atoms with E-state index in [9.17, 15) is 24.6 Å². The van der Waals surface area contributed by atoms with E-state index in [1.807, 2.05) is 0 Å². The molecule has 35 heavy (non-hydrogen) atoms. The first kappa shape index (κ1) is 26.5. The quantitative estimate of drug-likeness (QED) is 0.544. The Morgan fingerprint density at radius 2 is 1.94 bits per heavy atom. The molecule has 4 rings (SSSR count). The Hall–Kier alpha value is -1.58. The molecule has 3 saturated carbocycles. The van der Waals surface area contributed by atoms with Crippen LogP contribution in [-0.2, 0) is 19.1 Å². The van der Waals surface area contributed by atoms with Gasteiger partial charge in [-0.15, -0.1) is 0 Å². The smallest absolute Gasteiger partial charge is 0.306 e. The van der Waals surface area contributed by atoms with Crippen molar-refractivity contribution in [1.82, 2.24) is 0 Å². The molecule has 2 N–H and O–H groups in total. The summed E-state index contributed by atoms with van der Waals surface area (Å²) in [5.41, 5.74) is -6.55. The van der Waals surface area contributed by atoms with E-state index in [4.69, 9.17) is 4.74 Å². The summed E-state index contributed by atoms with van der Waals surface area (Å²) in [6.07, 6.45) is 0.505. The summed E-state index contributed by atoms with van der Waals surface area (Å²) in [7, 11) is 0. The molecule has 0 aromatic heterocycles. The van der Waals surface area contributed by atoms with Gasteiger partial charge in [-0.25, -0.2) is 8.78 Å². The monoisotopic (exact) mass is 512 g/mol. The number of fused-ring (bicyclic) bond motifs is 5. The van der Waals surface area contributed by atoms with Crippen LogP contribution in [0.1, 0.15) is 53.4 Å². The molecule has 4 aliphatic carbocycles. The number of halogens is 2. The van der Waals surface area contributed by atoms with Crippen LogP contribution >= 0.6 is 11.8 Å². The zero-order chi connectivity index (χ0) is 26.0. The molecule has 0 heterocycles.